The molecule has 0 saturated carbocycles. The first kappa shape index (κ1) is 15.3. The Balaban J connectivity index is 1.83. The summed E-state index contributed by atoms with van der Waals surface area (Å²) in [7, 11) is 0. The highest BCUT2D eigenvalue weighted by atomic mass is 32.1. The van der Waals surface area contributed by atoms with Gasteiger partial charge in [0.1, 0.15) is 0 Å². The Labute approximate surface area is 135 Å². The van der Waals surface area contributed by atoms with Crippen molar-refractivity contribution in [3.05, 3.63) is 45.4 Å². The first-order chi connectivity index (χ1) is 10.6. The summed E-state index contributed by atoms with van der Waals surface area (Å²) in [5.41, 5.74) is 3.01. The van der Waals surface area contributed by atoms with E-state index in [2.05, 4.69) is 29.0 Å². The number of morpholine rings is 1. The van der Waals surface area contributed by atoms with E-state index in [1.807, 2.05) is 24.8 Å². The first-order valence-corrected chi connectivity index (χ1v) is 8.54. The lowest BCUT2D eigenvalue weighted by molar-refractivity contribution is -0.0124. The summed E-state index contributed by atoms with van der Waals surface area (Å²) in [6, 6.07) is 6.22. The van der Waals surface area contributed by atoms with Crippen molar-refractivity contribution in [3.8, 4) is 0 Å². The molecule has 1 aliphatic rings. The second-order valence-electron chi connectivity index (χ2n) is 5.88. The van der Waals surface area contributed by atoms with E-state index in [4.69, 9.17) is 4.74 Å². The van der Waals surface area contributed by atoms with Crippen molar-refractivity contribution in [2.45, 2.75) is 33.4 Å². The molecule has 3 rings (SSSR count). The molecule has 1 fully saturated rings. The lowest BCUT2D eigenvalue weighted by Crippen LogP contribution is -2.44. The predicted molar refractivity (Wildman–Crippen MR) is 88.6 cm³/mol. The predicted octanol–water partition coefficient (Wildman–Crippen LogP) is 3.08. The van der Waals surface area contributed by atoms with E-state index in [0.29, 0.717) is 19.7 Å². The Morgan fingerprint density at radius 3 is 2.95 bits per heavy atom. The second-order valence-corrected chi connectivity index (χ2v) is 6.92. The molecule has 0 aromatic carbocycles. The molecule has 1 atom stereocenters. The number of hydrogen-bond donors (Lipinski definition) is 0. The summed E-state index contributed by atoms with van der Waals surface area (Å²) in [5.74, 6) is 0.126. The van der Waals surface area contributed by atoms with Gasteiger partial charge in [0.25, 0.3) is 5.91 Å². The van der Waals surface area contributed by atoms with Gasteiger partial charge in [-0.2, -0.15) is 0 Å². The molecule has 3 heterocycles. The molecule has 0 radical (unpaired) electrons. The van der Waals surface area contributed by atoms with Crippen LogP contribution in [0.4, 0.5) is 0 Å². The lowest BCUT2D eigenvalue weighted by Gasteiger charge is -2.31. The molecule has 0 N–H and O–H groups in total. The van der Waals surface area contributed by atoms with Gasteiger partial charge in [0, 0.05) is 29.4 Å². The van der Waals surface area contributed by atoms with Gasteiger partial charge in [0.2, 0.25) is 0 Å². The van der Waals surface area contributed by atoms with E-state index in [1.54, 1.807) is 11.3 Å². The second kappa shape index (κ2) is 6.26. The number of carbonyl (C=O) groups is 1. The van der Waals surface area contributed by atoms with Crippen LogP contribution < -0.4 is 0 Å². The zero-order valence-electron chi connectivity index (χ0n) is 13.3. The standard InChI is InChI=1S/C17H22N2O2S/c1-12-9-16(17(20)18-6-7-21-13(2)10-18)14(3)19(12)11-15-5-4-8-22-15/h4-5,8-9,13H,6-7,10-11H2,1-3H3/t13-/m1/s1. The van der Waals surface area contributed by atoms with E-state index < -0.39 is 0 Å². The van der Waals surface area contributed by atoms with Crippen LogP contribution in [0.15, 0.2) is 23.6 Å². The summed E-state index contributed by atoms with van der Waals surface area (Å²) >= 11 is 1.75. The number of hydrogen-bond acceptors (Lipinski definition) is 3. The van der Waals surface area contributed by atoms with Crippen molar-refractivity contribution in [3.63, 3.8) is 0 Å². The third-order valence-corrected chi connectivity index (χ3v) is 5.09. The number of aromatic nitrogens is 1. The maximum atomic E-state index is 12.8. The molecule has 5 heteroatoms. The molecule has 0 aliphatic carbocycles. The van der Waals surface area contributed by atoms with Crippen LogP contribution >= 0.6 is 11.3 Å². The van der Waals surface area contributed by atoms with Crippen LogP contribution in [0, 0.1) is 13.8 Å². The third kappa shape index (κ3) is 2.96. The molecule has 4 nitrogen and oxygen atoms in total. The van der Waals surface area contributed by atoms with Crippen molar-refractivity contribution >= 4 is 17.2 Å². The fraction of sp³-hybridized carbons (Fsp3) is 0.471. The number of ether oxygens (including phenoxy) is 1. The fourth-order valence-corrected chi connectivity index (χ4v) is 3.69. The Morgan fingerprint density at radius 1 is 1.45 bits per heavy atom. The lowest BCUT2D eigenvalue weighted by atomic mass is 10.2. The molecular formula is C17H22N2O2S. The zero-order valence-corrected chi connectivity index (χ0v) is 14.2. The van der Waals surface area contributed by atoms with Gasteiger partial charge >= 0.3 is 0 Å². The molecule has 1 aliphatic heterocycles. The smallest absolute Gasteiger partial charge is 0.255 e. The number of aryl methyl sites for hydroxylation is 1. The van der Waals surface area contributed by atoms with Crippen LogP contribution in [0.2, 0.25) is 0 Å². The molecule has 118 valence electrons. The molecule has 0 bridgehead atoms. The highest BCUT2D eigenvalue weighted by Crippen LogP contribution is 2.21. The molecule has 1 amide bonds. The van der Waals surface area contributed by atoms with Crippen LogP contribution in [-0.2, 0) is 11.3 Å². The van der Waals surface area contributed by atoms with Gasteiger partial charge in [-0.3, -0.25) is 4.79 Å². The van der Waals surface area contributed by atoms with Crippen molar-refractivity contribution in [2.24, 2.45) is 0 Å². The number of nitrogens with zero attached hydrogens (tertiary/aromatic N) is 2. The first-order valence-electron chi connectivity index (χ1n) is 7.66. The minimum atomic E-state index is 0.118. The summed E-state index contributed by atoms with van der Waals surface area (Å²) < 4.78 is 7.75. The normalized spacial score (nSPS) is 18.7. The number of thiophene rings is 1. The molecule has 22 heavy (non-hydrogen) atoms. The molecule has 0 spiro atoms. The quantitative estimate of drug-likeness (QED) is 0.871. The van der Waals surface area contributed by atoms with E-state index in [1.165, 1.54) is 4.88 Å². The number of carbonyl (C=O) groups excluding carboxylic acids is 1. The minimum Gasteiger partial charge on any atom is -0.375 e. The Bertz CT molecular complexity index is 661. The minimum absolute atomic E-state index is 0.118. The summed E-state index contributed by atoms with van der Waals surface area (Å²) in [4.78, 5) is 16.0. The Hall–Kier alpha value is -1.59. The average molecular weight is 318 g/mol. The van der Waals surface area contributed by atoms with E-state index >= 15 is 0 Å². The maximum Gasteiger partial charge on any atom is 0.255 e. The summed E-state index contributed by atoms with van der Waals surface area (Å²) in [6.45, 7) is 8.94. The Morgan fingerprint density at radius 2 is 2.27 bits per heavy atom. The molecule has 2 aromatic rings. The van der Waals surface area contributed by atoms with Crippen LogP contribution in [0.1, 0.15) is 33.5 Å². The number of rotatable bonds is 3. The topological polar surface area (TPSA) is 34.5 Å². The summed E-state index contributed by atoms with van der Waals surface area (Å²) in [5, 5.41) is 2.09. The van der Waals surface area contributed by atoms with Gasteiger partial charge < -0.3 is 14.2 Å². The van der Waals surface area contributed by atoms with Crippen molar-refractivity contribution < 1.29 is 9.53 Å². The molecular weight excluding hydrogens is 296 g/mol. The average Bonchev–Trinajstić information content (AvgIpc) is 3.10. The van der Waals surface area contributed by atoms with Crippen LogP contribution in [0.3, 0.4) is 0 Å². The maximum absolute atomic E-state index is 12.8. The van der Waals surface area contributed by atoms with Gasteiger partial charge in [-0.05, 0) is 38.3 Å². The Kier molecular flexibility index (Phi) is 4.36. The largest absolute Gasteiger partial charge is 0.375 e. The molecule has 0 unspecified atom stereocenters. The fourth-order valence-electron chi connectivity index (χ4n) is 2.99. The van der Waals surface area contributed by atoms with Crippen LogP contribution in [-0.4, -0.2) is 41.2 Å². The van der Waals surface area contributed by atoms with Gasteiger partial charge in [-0.15, -0.1) is 11.3 Å². The van der Waals surface area contributed by atoms with Gasteiger partial charge in [-0.1, -0.05) is 6.07 Å². The molecule has 1 saturated heterocycles. The van der Waals surface area contributed by atoms with Gasteiger partial charge in [0.05, 0.1) is 24.8 Å². The van der Waals surface area contributed by atoms with Crippen LogP contribution in [0.25, 0.3) is 0 Å². The monoisotopic (exact) mass is 318 g/mol. The van der Waals surface area contributed by atoms with E-state index in [0.717, 1.165) is 23.5 Å². The van der Waals surface area contributed by atoms with Gasteiger partial charge in [-0.25, -0.2) is 0 Å². The van der Waals surface area contributed by atoms with E-state index in [9.17, 15) is 4.79 Å². The highest BCUT2D eigenvalue weighted by Gasteiger charge is 2.25. The highest BCUT2D eigenvalue weighted by molar-refractivity contribution is 7.09. The van der Waals surface area contributed by atoms with E-state index in [-0.39, 0.29) is 12.0 Å². The summed E-state index contributed by atoms with van der Waals surface area (Å²) in [6.07, 6.45) is 0.118. The third-order valence-electron chi connectivity index (χ3n) is 4.23. The zero-order chi connectivity index (χ0) is 15.7. The van der Waals surface area contributed by atoms with Crippen molar-refractivity contribution in [1.82, 2.24) is 9.47 Å². The van der Waals surface area contributed by atoms with Crippen molar-refractivity contribution in [2.75, 3.05) is 19.7 Å². The van der Waals surface area contributed by atoms with Crippen molar-refractivity contribution in [1.29, 1.82) is 0 Å². The SMILES string of the molecule is Cc1cc(C(=O)N2CCO[C@H](C)C2)c(C)n1Cc1cccs1. The van der Waals surface area contributed by atoms with Gasteiger partial charge in [0.15, 0.2) is 0 Å². The molecule has 2 aromatic heterocycles. The number of amides is 1. The van der Waals surface area contributed by atoms with Crippen LogP contribution in [0.5, 0.6) is 0 Å².